The van der Waals surface area contributed by atoms with E-state index in [0.717, 1.165) is 30.6 Å². The van der Waals surface area contributed by atoms with Gasteiger partial charge in [0.15, 0.2) is 0 Å². The maximum absolute atomic E-state index is 10.5. The molecule has 3 saturated carbocycles. The molecular weight excluding hydrogens is 258 g/mol. The van der Waals surface area contributed by atoms with Gasteiger partial charge in [0, 0.05) is 6.04 Å². The highest BCUT2D eigenvalue weighted by molar-refractivity contribution is 5.26. The summed E-state index contributed by atoms with van der Waals surface area (Å²) in [6.07, 6.45) is 12.2. The lowest BCUT2D eigenvalue weighted by Crippen LogP contribution is -2.51. The van der Waals surface area contributed by atoms with E-state index in [4.69, 9.17) is 5.73 Å². The van der Waals surface area contributed by atoms with Crippen molar-refractivity contribution in [3.63, 3.8) is 0 Å². The zero-order valence-electron chi connectivity index (χ0n) is 13.6. The molecule has 7 atom stereocenters. The summed E-state index contributed by atoms with van der Waals surface area (Å²) in [6.45, 7) is 4.89. The van der Waals surface area contributed by atoms with Gasteiger partial charge in [0.05, 0.1) is 6.10 Å². The number of aliphatic hydroxyl groups is 1. The van der Waals surface area contributed by atoms with E-state index in [2.05, 4.69) is 19.9 Å². The number of hydrogen-bond donors (Lipinski definition) is 2. The van der Waals surface area contributed by atoms with Crippen molar-refractivity contribution >= 4 is 0 Å². The Morgan fingerprint density at radius 3 is 2.67 bits per heavy atom. The molecule has 0 amide bonds. The van der Waals surface area contributed by atoms with E-state index in [-0.39, 0.29) is 11.5 Å². The van der Waals surface area contributed by atoms with Crippen LogP contribution in [0.3, 0.4) is 0 Å². The molecule has 4 aliphatic carbocycles. The summed E-state index contributed by atoms with van der Waals surface area (Å²) in [4.78, 5) is 0. The fourth-order valence-electron chi connectivity index (χ4n) is 6.73. The Labute approximate surface area is 129 Å². The first-order chi connectivity index (χ1) is 9.95. The molecule has 0 radical (unpaired) electrons. The maximum Gasteiger partial charge on any atom is 0.0596 e. The SMILES string of the molecule is C[C@]12CC[C@H]3[C@@H](CCC4=C[C@H](N)CC[C@@]43C)[C@@H]1CC[C@@H]2O. The average molecular weight is 289 g/mol. The third-order valence-electron chi connectivity index (χ3n) is 8.10. The molecule has 0 aromatic heterocycles. The van der Waals surface area contributed by atoms with Crippen LogP contribution in [0.25, 0.3) is 0 Å². The van der Waals surface area contributed by atoms with Crippen molar-refractivity contribution < 1.29 is 5.11 Å². The minimum atomic E-state index is -0.0482. The fraction of sp³-hybridized carbons (Fsp3) is 0.895. The van der Waals surface area contributed by atoms with Crippen molar-refractivity contribution in [3.05, 3.63) is 11.6 Å². The van der Waals surface area contributed by atoms with Crippen molar-refractivity contribution in [1.29, 1.82) is 0 Å². The highest BCUT2D eigenvalue weighted by Crippen LogP contribution is 2.65. The number of aliphatic hydroxyl groups excluding tert-OH is 1. The van der Waals surface area contributed by atoms with Crippen LogP contribution in [-0.2, 0) is 0 Å². The van der Waals surface area contributed by atoms with E-state index in [9.17, 15) is 5.11 Å². The van der Waals surface area contributed by atoms with Crippen LogP contribution in [-0.4, -0.2) is 17.3 Å². The van der Waals surface area contributed by atoms with Crippen LogP contribution in [0, 0.1) is 28.6 Å². The van der Waals surface area contributed by atoms with E-state index in [0.29, 0.717) is 11.5 Å². The second-order valence-corrected chi connectivity index (χ2v) is 8.87. The lowest BCUT2D eigenvalue weighted by Gasteiger charge is -2.58. The zero-order chi connectivity index (χ0) is 14.8. The van der Waals surface area contributed by atoms with Crippen molar-refractivity contribution in [3.8, 4) is 0 Å². The van der Waals surface area contributed by atoms with Crippen molar-refractivity contribution in [1.82, 2.24) is 0 Å². The van der Waals surface area contributed by atoms with Gasteiger partial charge in [-0.05, 0) is 80.0 Å². The predicted molar refractivity (Wildman–Crippen MR) is 85.7 cm³/mol. The topological polar surface area (TPSA) is 46.2 Å². The minimum Gasteiger partial charge on any atom is -0.393 e. The number of nitrogens with two attached hydrogens (primary N) is 1. The van der Waals surface area contributed by atoms with Crippen LogP contribution in [0.15, 0.2) is 11.6 Å². The Hall–Kier alpha value is -0.340. The Morgan fingerprint density at radius 1 is 1.05 bits per heavy atom. The van der Waals surface area contributed by atoms with Crippen molar-refractivity contribution in [2.24, 2.45) is 34.3 Å². The van der Waals surface area contributed by atoms with Gasteiger partial charge in [-0.3, -0.25) is 0 Å². The fourth-order valence-corrected chi connectivity index (χ4v) is 6.73. The molecule has 2 nitrogen and oxygen atoms in total. The van der Waals surface area contributed by atoms with Gasteiger partial charge in [-0.15, -0.1) is 0 Å². The molecule has 21 heavy (non-hydrogen) atoms. The Balaban J connectivity index is 1.67. The first-order valence-corrected chi connectivity index (χ1v) is 9.10. The third kappa shape index (κ3) is 1.84. The molecule has 4 rings (SSSR count). The smallest absolute Gasteiger partial charge is 0.0596 e. The summed E-state index contributed by atoms with van der Waals surface area (Å²) in [5.41, 5.74) is 8.48. The predicted octanol–water partition coefficient (Wildman–Crippen LogP) is 3.64. The van der Waals surface area contributed by atoms with Crippen LogP contribution in [0.1, 0.15) is 65.2 Å². The molecule has 2 heteroatoms. The molecule has 3 fully saturated rings. The maximum atomic E-state index is 10.5. The van der Waals surface area contributed by atoms with E-state index in [1.54, 1.807) is 5.57 Å². The number of allylic oxidation sites excluding steroid dienone is 1. The monoisotopic (exact) mass is 289 g/mol. The summed E-state index contributed by atoms with van der Waals surface area (Å²) in [5, 5.41) is 10.5. The molecule has 0 bridgehead atoms. The van der Waals surface area contributed by atoms with Gasteiger partial charge in [0.2, 0.25) is 0 Å². The highest BCUT2D eigenvalue weighted by Gasteiger charge is 2.58. The third-order valence-corrected chi connectivity index (χ3v) is 8.10. The quantitative estimate of drug-likeness (QED) is 0.669. The number of fused-ring (bicyclic) bond motifs is 5. The number of rotatable bonds is 0. The molecule has 0 heterocycles. The summed E-state index contributed by atoms with van der Waals surface area (Å²) in [6, 6.07) is 0.298. The first kappa shape index (κ1) is 14.3. The molecule has 3 N–H and O–H groups in total. The lowest BCUT2D eigenvalue weighted by molar-refractivity contribution is -0.0739. The first-order valence-electron chi connectivity index (χ1n) is 9.10. The molecule has 0 aromatic carbocycles. The van der Waals surface area contributed by atoms with Crippen molar-refractivity contribution in [2.45, 2.75) is 77.4 Å². The molecule has 4 aliphatic rings. The highest BCUT2D eigenvalue weighted by atomic mass is 16.3. The van der Waals surface area contributed by atoms with E-state index < -0.39 is 0 Å². The molecule has 0 aromatic rings. The second kappa shape index (κ2) is 4.58. The van der Waals surface area contributed by atoms with Gasteiger partial charge in [0.1, 0.15) is 0 Å². The van der Waals surface area contributed by atoms with Crippen LogP contribution >= 0.6 is 0 Å². The van der Waals surface area contributed by atoms with Crippen LogP contribution in [0.2, 0.25) is 0 Å². The Bertz CT molecular complexity index is 472. The molecule has 0 aliphatic heterocycles. The molecule has 0 unspecified atom stereocenters. The van der Waals surface area contributed by atoms with Crippen LogP contribution < -0.4 is 5.73 Å². The Morgan fingerprint density at radius 2 is 1.86 bits per heavy atom. The average Bonchev–Trinajstić information content (AvgIpc) is 2.76. The van der Waals surface area contributed by atoms with E-state index >= 15 is 0 Å². The summed E-state index contributed by atoms with van der Waals surface area (Å²) >= 11 is 0. The largest absolute Gasteiger partial charge is 0.393 e. The van der Waals surface area contributed by atoms with Gasteiger partial charge >= 0.3 is 0 Å². The van der Waals surface area contributed by atoms with Gasteiger partial charge in [-0.1, -0.05) is 25.5 Å². The summed E-state index contributed by atoms with van der Waals surface area (Å²) in [5.74, 6) is 2.45. The summed E-state index contributed by atoms with van der Waals surface area (Å²) in [7, 11) is 0. The van der Waals surface area contributed by atoms with Gasteiger partial charge in [-0.2, -0.15) is 0 Å². The minimum absolute atomic E-state index is 0.0482. The lowest BCUT2D eigenvalue weighted by atomic mass is 9.47. The normalized spacial score (nSPS) is 56.2. The van der Waals surface area contributed by atoms with Gasteiger partial charge in [-0.25, -0.2) is 0 Å². The molecule has 0 saturated heterocycles. The van der Waals surface area contributed by atoms with E-state index in [1.807, 2.05) is 0 Å². The zero-order valence-corrected chi connectivity index (χ0v) is 13.6. The molecule has 118 valence electrons. The van der Waals surface area contributed by atoms with Gasteiger partial charge in [0.25, 0.3) is 0 Å². The van der Waals surface area contributed by atoms with E-state index in [1.165, 1.54) is 38.5 Å². The number of hydrogen-bond acceptors (Lipinski definition) is 2. The summed E-state index contributed by atoms with van der Waals surface area (Å²) < 4.78 is 0. The van der Waals surface area contributed by atoms with Crippen molar-refractivity contribution in [2.75, 3.05) is 0 Å². The van der Waals surface area contributed by atoms with Gasteiger partial charge < -0.3 is 10.8 Å². The molecule has 0 spiro atoms. The molecular formula is C19H31NO. The van der Waals surface area contributed by atoms with Crippen LogP contribution in [0.5, 0.6) is 0 Å². The second-order valence-electron chi connectivity index (χ2n) is 8.87. The Kier molecular flexibility index (Phi) is 3.11. The standard InChI is InChI=1S/C19H31NO/c1-18-9-7-13(20)11-12(18)3-4-14-15-5-6-17(21)19(15,2)10-8-16(14)18/h11,13-17,21H,3-10,20H2,1-2H3/t13-,14+,15+,16+,17+,18+,19+/m1/s1. The van der Waals surface area contributed by atoms with Crippen LogP contribution in [0.4, 0.5) is 0 Å².